The molecule has 5 aliphatic carbocycles. The quantitative estimate of drug-likeness (QED) is 0.146. The summed E-state index contributed by atoms with van der Waals surface area (Å²) in [6.45, 7) is 19.8. The number of ether oxygens (including phenoxy) is 2. The van der Waals surface area contributed by atoms with Gasteiger partial charge in [-0.05, 0) is 116 Å². The maximum atomic E-state index is 14.4. The normalized spacial score (nSPS) is 36.1. The van der Waals surface area contributed by atoms with Crippen molar-refractivity contribution in [3.8, 4) is 0 Å². The number of rotatable bonds is 10. The number of quaternary nitrogens is 2. The minimum Gasteiger partial charge on any atom is -0.458 e. The fourth-order valence-corrected chi connectivity index (χ4v) is 13.0. The van der Waals surface area contributed by atoms with E-state index in [9.17, 15) is 14.4 Å². The number of fused-ring (bicyclic) bond motifs is 7. The Bertz CT molecular complexity index is 1720. The second-order valence-electron chi connectivity index (χ2n) is 23.1. The number of amides is 1. The van der Waals surface area contributed by atoms with Crippen molar-refractivity contribution in [2.45, 2.75) is 119 Å². The van der Waals surface area contributed by atoms with E-state index in [4.69, 9.17) is 9.47 Å². The molecule has 4 fully saturated rings. The van der Waals surface area contributed by atoms with E-state index in [1.807, 2.05) is 0 Å². The van der Waals surface area contributed by atoms with E-state index in [0.717, 1.165) is 81.8 Å². The van der Waals surface area contributed by atoms with Gasteiger partial charge in [0.05, 0.1) is 71.9 Å². The summed E-state index contributed by atoms with van der Waals surface area (Å²) in [6, 6.07) is 6.93. The van der Waals surface area contributed by atoms with Crippen molar-refractivity contribution in [3.63, 3.8) is 0 Å². The lowest BCUT2D eigenvalue weighted by molar-refractivity contribution is -0.870. The first-order valence-corrected chi connectivity index (χ1v) is 21.9. The number of likely N-dealkylation sites (N-methyl/N-ethyl adjacent to an activating group) is 2. The molecule has 4 saturated carbocycles. The standard InChI is InChI=1S/C48H76N3O5/c1-43(2)24-26-48(42(54)49-28-29-50(8,9)10)27-25-46(6)35(36(48)32-43)18-19-38-45(5)22-21-39(44(3,4)37(45)20-23-47(38,46)7)56-41(53)34-17-15-14-16-33(34)40(52)55-31-30-51(11,12)13/h14-18,36-39H,19-32H2,1-13H3/q+1/p+1/t36-,37-,38+,39?,45-,46+,47+,48-/m0/s1. The fraction of sp³-hybridized carbons (Fsp3) is 0.771. The van der Waals surface area contributed by atoms with Crippen LogP contribution in [-0.4, -0.2) is 101 Å². The van der Waals surface area contributed by atoms with Crippen molar-refractivity contribution in [3.05, 3.63) is 47.0 Å². The fourth-order valence-electron chi connectivity index (χ4n) is 13.0. The highest BCUT2D eigenvalue weighted by Crippen LogP contribution is 2.76. The average molecular weight is 776 g/mol. The predicted molar refractivity (Wildman–Crippen MR) is 224 cm³/mol. The van der Waals surface area contributed by atoms with Crippen molar-refractivity contribution < 1.29 is 32.8 Å². The molecule has 56 heavy (non-hydrogen) atoms. The lowest BCUT2D eigenvalue weighted by Gasteiger charge is -2.71. The van der Waals surface area contributed by atoms with Crippen molar-refractivity contribution in [1.82, 2.24) is 5.32 Å². The zero-order chi connectivity index (χ0) is 41.3. The van der Waals surface area contributed by atoms with Crippen molar-refractivity contribution in [1.29, 1.82) is 0 Å². The molecule has 1 aromatic carbocycles. The van der Waals surface area contributed by atoms with Crippen LogP contribution in [0.3, 0.4) is 0 Å². The van der Waals surface area contributed by atoms with Gasteiger partial charge in [-0.15, -0.1) is 0 Å². The van der Waals surface area contributed by atoms with Gasteiger partial charge in [-0.2, -0.15) is 0 Å². The number of allylic oxidation sites excluding steroid dienone is 2. The number of nitrogens with one attached hydrogen (secondary N) is 1. The first kappa shape index (κ1) is 42.9. The zero-order valence-corrected chi connectivity index (χ0v) is 37.5. The summed E-state index contributed by atoms with van der Waals surface area (Å²) in [5, 5.41) is 3.46. The highest BCUT2D eigenvalue weighted by molar-refractivity contribution is 6.03. The predicted octanol–water partition coefficient (Wildman–Crippen LogP) is 8.70. The van der Waals surface area contributed by atoms with E-state index >= 15 is 0 Å². The Morgan fingerprint density at radius 3 is 2.02 bits per heavy atom. The Morgan fingerprint density at radius 2 is 1.38 bits per heavy atom. The number of carbonyl (C=O) groups excluding carboxylic acids is 3. The van der Waals surface area contributed by atoms with Crippen LogP contribution in [0, 0.1) is 50.2 Å². The summed E-state index contributed by atoms with van der Waals surface area (Å²) in [6.07, 6.45) is 12.7. The molecule has 0 bridgehead atoms. The van der Waals surface area contributed by atoms with Crippen LogP contribution in [0.15, 0.2) is 35.9 Å². The molecule has 1 unspecified atom stereocenters. The maximum Gasteiger partial charge on any atom is 0.339 e. The van der Waals surface area contributed by atoms with Crippen LogP contribution < -0.4 is 5.32 Å². The van der Waals surface area contributed by atoms with Crippen LogP contribution in [0.4, 0.5) is 0 Å². The van der Waals surface area contributed by atoms with Gasteiger partial charge in [-0.25, -0.2) is 9.59 Å². The molecule has 0 spiro atoms. The molecule has 0 aromatic heterocycles. The van der Waals surface area contributed by atoms with Crippen molar-refractivity contribution >= 4 is 17.8 Å². The van der Waals surface area contributed by atoms with Crippen LogP contribution in [0.5, 0.6) is 0 Å². The van der Waals surface area contributed by atoms with E-state index in [2.05, 4.69) is 102 Å². The third-order valence-electron chi connectivity index (χ3n) is 16.7. The summed E-state index contributed by atoms with van der Waals surface area (Å²) in [4.78, 5) is 41.5. The molecule has 8 heteroatoms. The highest BCUT2D eigenvalue weighted by atomic mass is 16.5. The second-order valence-corrected chi connectivity index (χ2v) is 23.1. The molecule has 1 N–H and O–H groups in total. The molecule has 0 aliphatic heterocycles. The van der Waals surface area contributed by atoms with E-state index in [1.54, 1.807) is 29.8 Å². The number of esters is 2. The third-order valence-corrected chi connectivity index (χ3v) is 16.7. The first-order chi connectivity index (χ1) is 25.8. The number of hydrogen-bond acceptors (Lipinski definition) is 5. The largest absolute Gasteiger partial charge is 0.458 e. The van der Waals surface area contributed by atoms with Crippen LogP contribution in [0.2, 0.25) is 0 Å². The zero-order valence-electron chi connectivity index (χ0n) is 37.5. The Balaban J connectivity index is 1.23. The third kappa shape index (κ3) is 7.53. The van der Waals surface area contributed by atoms with Crippen molar-refractivity contribution in [2.75, 3.05) is 68.5 Å². The maximum absolute atomic E-state index is 14.4. The molecule has 0 radical (unpaired) electrons. The smallest absolute Gasteiger partial charge is 0.339 e. The van der Waals surface area contributed by atoms with E-state index < -0.39 is 11.9 Å². The highest BCUT2D eigenvalue weighted by Gasteiger charge is 2.69. The van der Waals surface area contributed by atoms with Gasteiger partial charge < -0.3 is 23.8 Å². The lowest BCUT2D eigenvalue weighted by atomic mass is 9.33. The number of carbonyl (C=O) groups is 3. The lowest BCUT2D eigenvalue weighted by Crippen LogP contribution is -2.65. The number of benzene rings is 1. The number of nitrogens with zero attached hydrogens (tertiary/aromatic N) is 2. The Labute approximate surface area is 339 Å². The summed E-state index contributed by atoms with van der Waals surface area (Å²) in [5.74, 6) is 0.545. The van der Waals surface area contributed by atoms with Crippen LogP contribution in [-0.2, 0) is 14.3 Å². The van der Waals surface area contributed by atoms with Gasteiger partial charge in [-0.3, -0.25) is 4.79 Å². The minimum atomic E-state index is -0.483. The van der Waals surface area contributed by atoms with Crippen LogP contribution in [0.25, 0.3) is 0 Å². The van der Waals surface area contributed by atoms with Gasteiger partial charge in [0.1, 0.15) is 19.3 Å². The van der Waals surface area contributed by atoms with Crippen molar-refractivity contribution in [2.24, 2.45) is 50.2 Å². The van der Waals surface area contributed by atoms with Gasteiger partial charge >= 0.3 is 11.9 Å². The summed E-state index contributed by atoms with van der Waals surface area (Å²) >= 11 is 0. The molecule has 0 heterocycles. The Kier molecular flexibility index (Phi) is 11.1. The second kappa shape index (κ2) is 14.5. The van der Waals surface area contributed by atoms with E-state index in [1.165, 1.54) is 0 Å². The molecule has 0 saturated heterocycles. The van der Waals surface area contributed by atoms with Crippen LogP contribution >= 0.6 is 0 Å². The van der Waals surface area contributed by atoms with Gasteiger partial charge in [0.15, 0.2) is 0 Å². The Hall–Kier alpha value is -2.71. The molecule has 8 nitrogen and oxygen atoms in total. The SMILES string of the molecule is CC1(C)CC[C@]2(C(=O)NCC[N+](C)(C)C)CC[C@]3(C)C(=CC[C@@H]4[C@@]5(C)CCC(OC(=O)c6ccccc6C(=O)OCC[N+](C)(C)C)C(C)(C)[C@@H]5CC[C@]43C)[C@@H]2C1. The molecule has 312 valence electrons. The average Bonchev–Trinajstić information content (AvgIpc) is 3.08. The topological polar surface area (TPSA) is 81.7 Å². The summed E-state index contributed by atoms with van der Waals surface area (Å²) in [5.41, 5.74) is 2.02. The molecule has 8 atom stereocenters. The molecule has 1 amide bonds. The number of hydrogen-bond donors (Lipinski definition) is 1. The van der Waals surface area contributed by atoms with Crippen LogP contribution in [0.1, 0.15) is 133 Å². The Morgan fingerprint density at radius 1 is 0.750 bits per heavy atom. The summed E-state index contributed by atoms with van der Waals surface area (Å²) < 4.78 is 13.6. The first-order valence-electron chi connectivity index (χ1n) is 21.9. The van der Waals surface area contributed by atoms with Gasteiger partial charge in [0, 0.05) is 5.41 Å². The van der Waals surface area contributed by atoms with Gasteiger partial charge in [0.25, 0.3) is 0 Å². The monoisotopic (exact) mass is 776 g/mol. The summed E-state index contributed by atoms with van der Waals surface area (Å²) in [7, 11) is 12.7. The molecular weight excluding hydrogens is 699 g/mol. The molecule has 1 aromatic rings. The van der Waals surface area contributed by atoms with Gasteiger partial charge in [-0.1, -0.05) is 72.2 Å². The van der Waals surface area contributed by atoms with Gasteiger partial charge in [0.2, 0.25) is 5.91 Å². The van der Waals surface area contributed by atoms with E-state index in [0.29, 0.717) is 28.8 Å². The molecule has 6 rings (SSSR count). The minimum absolute atomic E-state index is 0.0335. The van der Waals surface area contributed by atoms with E-state index in [-0.39, 0.29) is 62.2 Å². The molecular formula is C48H77N3O5+2. The molecule has 5 aliphatic rings.